The summed E-state index contributed by atoms with van der Waals surface area (Å²) in [6.07, 6.45) is 8.47. The minimum Gasteiger partial charge on any atom is -0.497 e. The van der Waals surface area contributed by atoms with Crippen LogP contribution in [0.4, 0.5) is 0 Å². The predicted octanol–water partition coefficient (Wildman–Crippen LogP) is 6.08. The van der Waals surface area contributed by atoms with E-state index in [-0.39, 0.29) is 36.6 Å². The molecule has 2 spiro atoms. The molecule has 2 aromatic carbocycles. The lowest BCUT2D eigenvalue weighted by molar-refractivity contribution is -0.233. The van der Waals surface area contributed by atoms with Crippen molar-refractivity contribution < 1.29 is 37.9 Å². The van der Waals surface area contributed by atoms with Gasteiger partial charge in [0.15, 0.2) is 11.6 Å². The van der Waals surface area contributed by atoms with Gasteiger partial charge >= 0.3 is 0 Å². The zero-order valence-corrected chi connectivity index (χ0v) is 24.8. The Morgan fingerprint density at radius 3 is 1.24 bits per heavy atom. The molecule has 7 rings (SSSR count). The maximum Gasteiger partial charge on any atom is 0.169 e. The summed E-state index contributed by atoms with van der Waals surface area (Å²) in [5.74, 6) is 0.467. The third-order valence-electron chi connectivity index (χ3n) is 9.78. The molecule has 42 heavy (non-hydrogen) atoms. The molecule has 0 aromatic heterocycles. The Morgan fingerprint density at radius 1 is 0.524 bits per heavy atom. The molecule has 5 fully saturated rings. The van der Waals surface area contributed by atoms with E-state index in [0.717, 1.165) is 74.0 Å². The average molecular weight is 581 g/mol. The molecule has 228 valence electrons. The van der Waals surface area contributed by atoms with Gasteiger partial charge in [0.25, 0.3) is 0 Å². The first-order chi connectivity index (χ1) is 20.6. The van der Waals surface area contributed by atoms with Gasteiger partial charge < -0.3 is 37.9 Å². The maximum absolute atomic E-state index is 6.93. The van der Waals surface area contributed by atoms with E-state index >= 15 is 0 Å². The van der Waals surface area contributed by atoms with Crippen molar-refractivity contribution in [3.8, 4) is 11.5 Å². The van der Waals surface area contributed by atoms with Crippen molar-refractivity contribution in [1.29, 1.82) is 0 Å². The number of ether oxygens (including phenoxy) is 8. The fraction of sp³-hybridized carbons (Fsp3) is 0.647. The number of hydrogen-bond acceptors (Lipinski definition) is 8. The molecule has 0 N–H and O–H groups in total. The van der Waals surface area contributed by atoms with Crippen LogP contribution in [0, 0.1) is 0 Å². The molecule has 3 saturated carbocycles. The second-order valence-corrected chi connectivity index (χ2v) is 12.5. The predicted molar refractivity (Wildman–Crippen MR) is 154 cm³/mol. The molecular weight excluding hydrogens is 536 g/mol. The van der Waals surface area contributed by atoms with Gasteiger partial charge in [-0.05, 0) is 61.1 Å². The van der Waals surface area contributed by atoms with E-state index in [4.69, 9.17) is 37.9 Å². The SMILES string of the molecule is COc1ccc(CO[C@H]2[C@H](OCc3ccc(OC)cc3)[C@@H]3OC4(CCCCC4)O[C@@H]3[C@H]3OC4(CCCCC4)O[C@H]23)cc1. The molecule has 2 heterocycles. The zero-order chi connectivity index (χ0) is 28.6. The molecule has 0 unspecified atom stereocenters. The lowest BCUT2D eigenvalue weighted by atomic mass is 9.84. The van der Waals surface area contributed by atoms with Gasteiger partial charge in [0, 0.05) is 25.7 Å². The highest BCUT2D eigenvalue weighted by Crippen LogP contribution is 2.52. The molecule has 2 aliphatic heterocycles. The summed E-state index contributed by atoms with van der Waals surface area (Å²) in [7, 11) is 3.35. The maximum atomic E-state index is 6.93. The fourth-order valence-electron chi connectivity index (χ4n) is 7.57. The van der Waals surface area contributed by atoms with E-state index in [9.17, 15) is 0 Å². The monoisotopic (exact) mass is 580 g/mol. The van der Waals surface area contributed by atoms with E-state index < -0.39 is 11.6 Å². The first-order valence-corrected chi connectivity index (χ1v) is 15.8. The van der Waals surface area contributed by atoms with Gasteiger partial charge in [-0.15, -0.1) is 0 Å². The van der Waals surface area contributed by atoms with Crippen LogP contribution >= 0.6 is 0 Å². The largest absolute Gasteiger partial charge is 0.497 e. The summed E-state index contributed by atoms with van der Waals surface area (Å²) < 4.78 is 51.9. The van der Waals surface area contributed by atoms with E-state index in [1.807, 2.05) is 48.5 Å². The molecule has 8 nitrogen and oxygen atoms in total. The van der Waals surface area contributed by atoms with Crippen molar-refractivity contribution in [2.75, 3.05) is 14.2 Å². The minimum atomic E-state index is -0.587. The molecule has 2 aromatic rings. The van der Waals surface area contributed by atoms with Crippen molar-refractivity contribution in [1.82, 2.24) is 0 Å². The topological polar surface area (TPSA) is 73.8 Å². The summed E-state index contributed by atoms with van der Waals surface area (Å²) in [5, 5.41) is 0. The van der Waals surface area contributed by atoms with Gasteiger partial charge in [-0.1, -0.05) is 37.1 Å². The van der Waals surface area contributed by atoms with Crippen LogP contribution in [0.5, 0.6) is 11.5 Å². The second kappa shape index (κ2) is 12.1. The molecule has 3 aliphatic carbocycles. The Morgan fingerprint density at radius 2 is 0.881 bits per heavy atom. The summed E-state index contributed by atoms with van der Waals surface area (Å²) in [5.41, 5.74) is 2.11. The Bertz CT molecular complexity index is 1080. The normalized spacial score (nSPS) is 32.9. The highest BCUT2D eigenvalue weighted by molar-refractivity contribution is 5.27. The molecule has 6 atom stereocenters. The zero-order valence-electron chi connectivity index (χ0n) is 24.8. The molecule has 5 aliphatic rings. The van der Waals surface area contributed by atoms with Crippen molar-refractivity contribution in [2.45, 2.75) is 126 Å². The summed E-state index contributed by atoms with van der Waals surface area (Å²) in [4.78, 5) is 0. The van der Waals surface area contributed by atoms with Crippen molar-refractivity contribution in [3.63, 3.8) is 0 Å². The van der Waals surface area contributed by atoms with Crippen LogP contribution in [0.25, 0.3) is 0 Å². The van der Waals surface area contributed by atoms with Gasteiger partial charge in [0.1, 0.15) is 48.1 Å². The number of fused-ring (bicyclic) bond motifs is 3. The van der Waals surface area contributed by atoms with Crippen LogP contribution in [0.15, 0.2) is 48.5 Å². The number of methoxy groups -OCH3 is 2. The third kappa shape index (κ3) is 5.58. The minimum absolute atomic E-state index is 0.267. The lowest BCUT2D eigenvalue weighted by Crippen LogP contribution is -2.63. The Balaban J connectivity index is 1.19. The third-order valence-corrected chi connectivity index (χ3v) is 9.78. The first kappa shape index (κ1) is 28.6. The quantitative estimate of drug-likeness (QED) is 0.372. The van der Waals surface area contributed by atoms with Crippen LogP contribution in [0.3, 0.4) is 0 Å². The smallest absolute Gasteiger partial charge is 0.169 e. The van der Waals surface area contributed by atoms with Gasteiger partial charge in [0.05, 0.1) is 27.4 Å². The van der Waals surface area contributed by atoms with Gasteiger partial charge in [-0.25, -0.2) is 0 Å². The molecule has 8 heteroatoms. The van der Waals surface area contributed by atoms with Gasteiger partial charge in [-0.2, -0.15) is 0 Å². The highest BCUT2D eigenvalue weighted by atomic mass is 16.8. The molecule has 2 saturated heterocycles. The van der Waals surface area contributed by atoms with E-state index in [1.54, 1.807) is 14.2 Å². The standard InChI is InChI=1S/C34H44O8/c1-35-25-13-9-23(10-14-25)21-37-27-28(38-22-24-11-15-26(36-2)16-12-24)30-32(42-34(40-30)19-7-4-8-20-34)31-29(27)39-33(41-31)17-5-3-6-18-33/h9-16,27-32H,3-8,17-22H2,1-2H3/t27-,28-,29-,30+,31-,32-/m0/s1. The highest BCUT2D eigenvalue weighted by Gasteiger charge is 2.67. The van der Waals surface area contributed by atoms with Crippen LogP contribution in [0.1, 0.15) is 75.3 Å². The van der Waals surface area contributed by atoms with Crippen LogP contribution in [0.2, 0.25) is 0 Å². The molecule has 0 radical (unpaired) electrons. The van der Waals surface area contributed by atoms with Crippen LogP contribution in [-0.4, -0.2) is 62.4 Å². The second-order valence-electron chi connectivity index (χ2n) is 12.5. The molecular formula is C34H44O8. The van der Waals surface area contributed by atoms with Crippen LogP contribution in [-0.2, 0) is 41.6 Å². The fourth-order valence-corrected chi connectivity index (χ4v) is 7.57. The van der Waals surface area contributed by atoms with Crippen molar-refractivity contribution in [3.05, 3.63) is 59.7 Å². The Kier molecular flexibility index (Phi) is 8.20. The lowest BCUT2D eigenvalue weighted by Gasteiger charge is -2.42. The summed E-state index contributed by atoms with van der Waals surface area (Å²) in [6, 6.07) is 16.0. The first-order valence-electron chi connectivity index (χ1n) is 15.8. The van der Waals surface area contributed by atoms with E-state index in [0.29, 0.717) is 13.2 Å². The molecule has 0 amide bonds. The Labute approximate surface area is 248 Å². The number of hydrogen-bond donors (Lipinski definition) is 0. The number of rotatable bonds is 8. The van der Waals surface area contributed by atoms with E-state index in [2.05, 4.69) is 0 Å². The summed E-state index contributed by atoms with van der Waals surface area (Å²) >= 11 is 0. The average Bonchev–Trinajstić information content (AvgIpc) is 3.58. The van der Waals surface area contributed by atoms with Gasteiger partial charge in [0.2, 0.25) is 0 Å². The Hall–Kier alpha value is -2.20. The number of benzene rings is 2. The van der Waals surface area contributed by atoms with Gasteiger partial charge in [-0.3, -0.25) is 0 Å². The van der Waals surface area contributed by atoms with E-state index in [1.165, 1.54) is 12.8 Å². The van der Waals surface area contributed by atoms with Crippen molar-refractivity contribution in [2.24, 2.45) is 0 Å². The van der Waals surface area contributed by atoms with Crippen LogP contribution < -0.4 is 9.47 Å². The van der Waals surface area contributed by atoms with Crippen molar-refractivity contribution >= 4 is 0 Å². The molecule has 0 bridgehead atoms. The summed E-state index contributed by atoms with van der Waals surface area (Å²) in [6.45, 7) is 0.833.